The number of ether oxygens (including phenoxy) is 1. The summed E-state index contributed by atoms with van der Waals surface area (Å²) in [5, 5.41) is 2.22. The fourth-order valence-electron chi connectivity index (χ4n) is 1.51. The first kappa shape index (κ1) is 11.0. The van der Waals surface area contributed by atoms with Gasteiger partial charge in [0.2, 0.25) is 5.91 Å². The van der Waals surface area contributed by atoms with E-state index in [0.717, 1.165) is 0 Å². The molecule has 14 heavy (non-hydrogen) atoms. The number of urea groups is 1. The molecule has 5 heteroatoms. The van der Waals surface area contributed by atoms with Gasteiger partial charge in [0.05, 0.1) is 12.1 Å². The van der Waals surface area contributed by atoms with Crippen LogP contribution in [-0.2, 0) is 9.53 Å². The van der Waals surface area contributed by atoms with Crippen LogP contribution in [0, 0.1) is 0 Å². The van der Waals surface area contributed by atoms with Gasteiger partial charge >= 0.3 is 6.03 Å². The first-order valence-electron chi connectivity index (χ1n) is 4.67. The molecule has 3 amide bonds. The summed E-state index contributed by atoms with van der Waals surface area (Å²) in [6.45, 7) is 6.85. The van der Waals surface area contributed by atoms with Gasteiger partial charge in [-0.3, -0.25) is 10.1 Å². The first-order chi connectivity index (χ1) is 6.44. The molecule has 1 rings (SSSR count). The third-order valence-electron chi connectivity index (χ3n) is 1.97. The highest BCUT2D eigenvalue weighted by Gasteiger charge is 2.31. The predicted octanol–water partition coefficient (Wildman–Crippen LogP) is 0.353. The standard InChI is InChI=1S/C9H16N2O3/c1-4-14-9(2,3)6-11-5-7(12)10-8(11)13/h4-6H2,1-3H3,(H,10,12,13). The van der Waals surface area contributed by atoms with E-state index in [9.17, 15) is 9.59 Å². The number of rotatable bonds is 4. The van der Waals surface area contributed by atoms with Gasteiger partial charge < -0.3 is 9.64 Å². The highest BCUT2D eigenvalue weighted by atomic mass is 16.5. The summed E-state index contributed by atoms with van der Waals surface area (Å²) >= 11 is 0. The van der Waals surface area contributed by atoms with Crippen LogP contribution < -0.4 is 5.32 Å². The fourth-order valence-corrected chi connectivity index (χ4v) is 1.51. The van der Waals surface area contributed by atoms with Gasteiger partial charge in [0, 0.05) is 6.61 Å². The average molecular weight is 200 g/mol. The lowest BCUT2D eigenvalue weighted by Gasteiger charge is -2.28. The number of carbonyl (C=O) groups excluding carboxylic acids is 2. The van der Waals surface area contributed by atoms with Gasteiger partial charge in [0.1, 0.15) is 6.54 Å². The van der Waals surface area contributed by atoms with Crippen LogP contribution in [0.5, 0.6) is 0 Å². The zero-order valence-corrected chi connectivity index (χ0v) is 8.79. The molecular formula is C9H16N2O3. The van der Waals surface area contributed by atoms with Crippen molar-refractivity contribution in [3.63, 3.8) is 0 Å². The van der Waals surface area contributed by atoms with E-state index in [0.29, 0.717) is 13.2 Å². The molecule has 1 saturated heterocycles. The minimum atomic E-state index is -0.406. The van der Waals surface area contributed by atoms with Crippen molar-refractivity contribution in [2.75, 3.05) is 19.7 Å². The van der Waals surface area contributed by atoms with E-state index in [-0.39, 0.29) is 18.5 Å². The molecule has 80 valence electrons. The number of carbonyl (C=O) groups is 2. The molecule has 1 N–H and O–H groups in total. The predicted molar refractivity (Wildman–Crippen MR) is 50.8 cm³/mol. The SMILES string of the molecule is CCOC(C)(C)CN1CC(=O)NC1=O. The molecule has 0 radical (unpaired) electrons. The van der Waals surface area contributed by atoms with E-state index < -0.39 is 5.60 Å². The Kier molecular flexibility index (Phi) is 3.10. The summed E-state index contributed by atoms with van der Waals surface area (Å²) in [7, 11) is 0. The van der Waals surface area contributed by atoms with Crippen molar-refractivity contribution in [1.82, 2.24) is 10.2 Å². The molecule has 1 aliphatic rings. The fraction of sp³-hybridized carbons (Fsp3) is 0.778. The van der Waals surface area contributed by atoms with E-state index in [1.165, 1.54) is 4.90 Å². The van der Waals surface area contributed by atoms with Gasteiger partial charge in [0.25, 0.3) is 0 Å². The molecule has 5 nitrogen and oxygen atoms in total. The summed E-state index contributed by atoms with van der Waals surface area (Å²) in [5.41, 5.74) is -0.406. The maximum atomic E-state index is 11.2. The Bertz CT molecular complexity index is 250. The van der Waals surface area contributed by atoms with Gasteiger partial charge in [-0.25, -0.2) is 4.79 Å². The quantitative estimate of drug-likeness (QED) is 0.666. The third kappa shape index (κ3) is 2.70. The van der Waals surface area contributed by atoms with Crippen LogP contribution in [0.25, 0.3) is 0 Å². The molecule has 0 saturated carbocycles. The summed E-state index contributed by atoms with van der Waals surface area (Å²) in [4.78, 5) is 23.6. The summed E-state index contributed by atoms with van der Waals surface area (Å²) in [6.07, 6.45) is 0. The van der Waals surface area contributed by atoms with Crippen LogP contribution in [0.15, 0.2) is 0 Å². The number of nitrogens with zero attached hydrogens (tertiary/aromatic N) is 1. The highest BCUT2D eigenvalue weighted by molar-refractivity contribution is 6.01. The largest absolute Gasteiger partial charge is 0.374 e. The number of hydrogen-bond acceptors (Lipinski definition) is 3. The molecule has 0 aliphatic carbocycles. The maximum Gasteiger partial charge on any atom is 0.324 e. The number of hydrogen-bond donors (Lipinski definition) is 1. The Balaban J connectivity index is 2.51. The van der Waals surface area contributed by atoms with Gasteiger partial charge in [0.15, 0.2) is 0 Å². The second-order valence-electron chi connectivity index (χ2n) is 3.90. The Hall–Kier alpha value is -1.10. The van der Waals surface area contributed by atoms with Crippen LogP contribution in [0.4, 0.5) is 4.79 Å². The number of nitrogens with one attached hydrogen (secondary N) is 1. The summed E-state index contributed by atoms with van der Waals surface area (Å²) < 4.78 is 5.44. The Morgan fingerprint density at radius 3 is 2.57 bits per heavy atom. The van der Waals surface area contributed by atoms with E-state index in [4.69, 9.17) is 4.74 Å². The molecule has 0 bridgehead atoms. The highest BCUT2D eigenvalue weighted by Crippen LogP contribution is 2.13. The number of amides is 3. The molecular weight excluding hydrogens is 184 g/mol. The van der Waals surface area contributed by atoms with Crippen LogP contribution in [-0.4, -0.2) is 42.1 Å². The Morgan fingerprint density at radius 2 is 2.14 bits per heavy atom. The van der Waals surface area contributed by atoms with Crippen LogP contribution in [0.1, 0.15) is 20.8 Å². The molecule has 0 aromatic heterocycles. The normalized spacial score (nSPS) is 17.5. The van der Waals surface area contributed by atoms with Crippen molar-refractivity contribution in [3.05, 3.63) is 0 Å². The van der Waals surface area contributed by atoms with Gasteiger partial charge in [-0.05, 0) is 20.8 Å². The molecule has 0 atom stereocenters. The van der Waals surface area contributed by atoms with Gasteiger partial charge in [-0.2, -0.15) is 0 Å². The Morgan fingerprint density at radius 1 is 1.50 bits per heavy atom. The lowest BCUT2D eigenvalue weighted by atomic mass is 10.1. The molecule has 1 aliphatic heterocycles. The van der Waals surface area contributed by atoms with Crippen molar-refractivity contribution < 1.29 is 14.3 Å². The van der Waals surface area contributed by atoms with Gasteiger partial charge in [-0.15, -0.1) is 0 Å². The average Bonchev–Trinajstić information content (AvgIpc) is 2.28. The lowest BCUT2D eigenvalue weighted by molar-refractivity contribution is -0.118. The zero-order valence-electron chi connectivity index (χ0n) is 8.79. The molecule has 0 aromatic rings. The van der Waals surface area contributed by atoms with Crippen molar-refractivity contribution in [3.8, 4) is 0 Å². The van der Waals surface area contributed by atoms with Crippen molar-refractivity contribution in [1.29, 1.82) is 0 Å². The summed E-state index contributed by atoms with van der Waals surface area (Å²) in [5.74, 6) is -0.248. The van der Waals surface area contributed by atoms with Crippen LogP contribution >= 0.6 is 0 Å². The second kappa shape index (κ2) is 3.96. The zero-order chi connectivity index (χ0) is 10.8. The third-order valence-corrected chi connectivity index (χ3v) is 1.97. The van der Waals surface area contributed by atoms with Crippen molar-refractivity contribution in [2.45, 2.75) is 26.4 Å². The Labute approximate surface area is 83.4 Å². The molecule has 0 unspecified atom stereocenters. The molecule has 1 heterocycles. The van der Waals surface area contributed by atoms with E-state index in [2.05, 4.69) is 5.32 Å². The lowest BCUT2D eigenvalue weighted by Crippen LogP contribution is -2.42. The van der Waals surface area contributed by atoms with E-state index >= 15 is 0 Å². The number of imide groups is 1. The van der Waals surface area contributed by atoms with Crippen molar-refractivity contribution >= 4 is 11.9 Å². The monoisotopic (exact) mass is 200 g/mol. The van der Waals surface area contributed by atoms with Crippen molar-refractivity contribution in [2.24, 2.45) is 0 Å². The summed E-state index contributed by atoms with van der Waals surface area (Å²) in [6, 6.07) is -0.331. The minimum absolute atomic E-state index is 0.134. The molecule has 0 spiro atoms. The molecule has 1 fully saturated rings. The topological polar surface area (TPSA) is 58.6 Å². The van der Waals surface area contributed by atoms with Crippen LogP contribution in [0.3, 0.4) is 0 Å². The van der Waals surface area contributed by atoms with Crippen LogP contribution in [0.2, 0.25) is 0 Å². The van der Waals surface area contributed by atoms with E-state index in [1.54, 1.807) is 0 Å². The smallest absolute Gasteiger partial charge is 0.324 e. The first-order valence-corrected chi connectivity index (χ1v) is 4.67. The van der Waals surface area contributed by atoms with Gasteiger partial charge in [-0.1, -0.05) is 0 Å². The van der Waals surface area contributed by atoms with E-state index in [1.807, 2.05) is 20.8 Å². The minimum Gasteiger partial charge on any atom is -0.374 e. The second-order valence-corrected chi connectivity index (χ2v) is 3.90. The molecule has 0 aromatic carbocycles. The maximum absolute atomic E-state index is 11.2.